The van der Waals surface area contributed by atoms with E-state index in [4.69, 9.17) is 4.98 Å². The Hall–Kier alpha value is -3.62. The zero-order valence-electron chi connectivity index (χ0n) is 19.6. The van der Waals surface area contributed by atoms with Crippen molar-refractivity contribution in [2.45, 2.75) is 33.4 Å². The molecule has 0 aromatic carbocycles. The number of pyridine rings is 2. The Morgan fingerprint density at radius 2 is 2.03 bits per heavy atom. The van der Waals surface area contributed by atoms with E-state index < -0.39 is 0 Å². The lowest BCUT2D eigenvalue weighted by Crippen LogP contribution is -2.23. The summed E-state index contributed by atoms with van der Waals surface area (Å²) in [6.07, 6.45) is 6.21. The number of carbonyl (C=O) groups is 1. The van der Waals surface area contributed by atoms with Gasteiger partial charge in [0.1, 0.15) is 5.01 Å². The third kappa shape index (κ3) is 5.08. The molecular formula is C27H25N5OS2. The fraction of sp³-hybridized carbons (Fsp3) is 0.185. The number of carbonyl (C=O) groups excluding carboxylic acids is 1. The average Bonchev–Trinajstić information content (AvgIpc) is 3.65. The van der Waals surface area contributed by atoms with Crippen molar-refractivity contribution in [2.24, 2.45) is 0 Å². The summed E-state index contributed by atoms with van der Waals surface area (Å²) in [5, 5.41) is 8.12. The minimum Gasteiger partial charge on any atom is -0.348 e. The second-order valence-electron chi connectivity index (χ2n) is 8.17. The number of amides is 1. The van der Waals surface area contributed by atoms with E-state index in [0.29, 0.717) is 18.7 Å². The molecule has 8 heteroatoms. The molecule has 0 atom stereocenters. The molecule has 0 aliphatic heterocycles. The topological polar surface area (TPSA) is 72.7 Å². The van der Waals surface area contributed by atoms with Crippen LogP contribution in [0.5, 0.6) is 0 Å². The van der Waals surface area contributed by atoms with E-state index >= 15 is 0 Å². The van der Waals surface area contributed by atoms with Gasteiger partial charge < -0.3 is 9.88 Å². The minimum atomic E-state index is -0.102. The smallest absolute Gasteiger partial charge is 0.253 e. The average molecular weight is 500 g/mol. The molecule has 5 aromatic heterocycles. The quantitative estimate of drug-likeness (QED) is 0.285. The van der Waals surface area contributed by atoms with Crippen LogP contribution in [0.4, 0.5) is 0 Å². The Kier molecular flexibility index (Phi) is 6.83. The van der Waals surface area contributed by atoms with E-state index in [1.807, 2.05) is 37.4 Å². The summed E-state index contributed by atoms with van der Waals surface area (Å²) < 4.78 is 2.19. The van der Waals surface area contributed by atoms with Crippen LogP contribution in [0.15, 0.2) is 71.8 Å². The number of hydrogen-bond acceptors (Lipinski definition) is 6. The van der Waals surface area contributed by atoms with Crippen molar-refractivity contribution < 1.29 is 4.79 Å². The molecule has 0 radical (unpaired) electrons. The monoisotopic (exact) mass is 499 g/mol. The van der Waals surface area contributed by atoms with Gasteiger partial charge in [-0.1, -0.05) is 19.1 Å². The SMILES string of the molecule is CCc1cc(-c2nc(-c3cc(C(=O)NCc4cccnc4)c(C)n3Cc3cccs3)cs2)ccn1. The number of thiophene rings is 1. The Bertz CT molecular complexity index is 1440. The third-order valence-electron chi connectivity index (χ3n) is 5.87. The van der Waals surface area contributed by atoms with Crippen LogP contribution in [-0.2, 0) is 19.5 Å². The molecule has 0 aliphatic rings. The highest BCUT2D eigenvalue weighted by molar-refractivity contribution is 7.13. The van der Waals surface area contributed by atoms with Crippen LogP contribution >= 0.6 is 22.7 Å². The van der Waals surface area contributed by atoms with Crippen LogP contribution in [0.2, 0.25) is 0 Å². The maximum Gasteiger partial charge on any atom is 0.253 e. The number of aryl methyl sites for hydroxylation is 1. The second-order valence-corrected chi connectivity index (χ2v) is 10.1. The third-order valence-corrected chi connectivity index (χ3v) is 7.63. The maximum absolute atomic E-state index is 13.2. The molecule has 35 heavy (non-hydrogen) atoms. The zero-order chi connectivity index (χ0) is 24.2. The predicted molar refractivity (Wildman–Crippen MR) is 142 cm³/mol. The van der Waals surface area contributed by atoms with Crippen molar-refractivity contribution >= 4 is 28.6 Å². The molecule has 5 aromatic rings. The molecule has 0 bridgehead atoms. The molecule has 0 aliphatic carbocycles. The maximum atomic E-state index is 13.2. The Labute approximate surface area is 212 Å². The van der Waals surface area contributed by atoms with Gasteiger partial charge in [-0.3, -0.25) is 14.8 Å². The fourth-order valence-electron chi connectivity index (χ4n) is 3.96. The largest absolute Gasteiger partial charge is 0.348 e. The summed E-state index contributed by atoms with van der Waals surface area (Å²) in [5.41, 5.74) is 6.46. The summed E-state index contributed by atoms with van der Waals surface area (Å²) >= 11 is 3.32. The van der Waals surface area contributed by atoms with Crippen molar-refractivity contribution in [3.05, 3.63) is 99.2 Å². The first-order valence-electron chi connectivity index (χ1n) is 11.4. The van der Waals surface area contributed by atoms with Gasteiger partial charge in [-0.15, -0.1) is 22.7 Å². The first-order valence-corrected chi connectivity index (χ1v) is 13.2. The fourth-order valence-corrected chi connectivity index (χ4v) is 5.46. The van der Waals surface area contributed by atoms with Crippen LogP contribution in [0.3, 0.4) is 0 Å². The lowest BCUT2D eigenvalue weighted by Gasteiger charge is -2.10. The first-order chi connectivity index (χ1) is 17.1. The number of hydrogen-bond donors (Lipinski definition) is 1. The van der Waals surface area contributed by atoms with Gasteiger partial charge in [0.15, 0.2) is 0 Å². The first kappa shape index (κ1) is 23.1. The van der Waals surface area contributed by atoms with E-state index in [2.05, 4.69) is 55.7 Å². The van der Waals surface area contributed by atoms with Gasteiger partial charge in [0.2, 0.25) is 0 Å². The summed E-state index contributed by atoms with van der Waals surface area (Å²) in [5.74, 6) is -0.102. The lowest BCUT2D eigenvalue weighted by atomic mass is 10.2. The molecule has 0 saturated carbocycles. The lowest BCUT2D eigenvalue weighted by molar-refractivity contribution is 0.0950. The summed E-state index contributed by atoms with van der Waals surface area (Å²) in [4.78, 5) is 27.9. The second kappa shape index (κ2) is 10.3. The summed E-state index contributed by atoms with van der Waals surface area (Å²) in [7, 11) is 0. The Balaban J connectivity index is 1.48. The van der Waals surface area contributed by atoms with E-state index in [0.717, 1.165) is 45.3 Å². The summed E-state index contributed by atoms with van der Waals surface area (Å²) in [6, 6.07) is 14.0. The molecule has 0 unspecified atom stereocenters. The number of aromatic nitrogens is 4. The van der Waals surface area contributed by atoms with Crippen molar-refractivity contribution in [1.82, 2.24) is 24.8 Å². The predicted octanol–water partition coefficient (Wildman–Crippen LogP) is 5.98. The van der Waals surface area contributed by atoms with Crippen molar-refractivity contribution in [3.63, 3.8) is 0 Å². The van der Waals surface area contributed by atoms with Crippen molar-refractivity contribution in [2.75, 3.05) is 0 Å². The van der Waals surface area contributed by atoms with Crippen LogP contribution in [0, 0.1) is 6.92 Å². The standard InChI is InChI=1S/C27H25N5OS2/c1-3-21-12-20(8-10-29-21)27-31-24(17-35-27)25-13-23(18(2)32(25)16-22-7-5-11-34-22)26(33)30-15-19-6-4-9-28-14-19/h4-14,17H,3,15-16H2,1-2H3,(H,30,33). The number of thiazole rings is 1. The molecule has 1 amide bonds. The van der Waals surface area contributed by atoms with Crippen LogP contribution in [-0.4, -0.2) is 25.4 Å². The number of rotatable bonds is 8. The van der Waals surface area contributed by atoms with E-state index in [9.17, 15) is 4.79 Å². The van der Waals surface area contributed by atoms with Gasteiger partial charge in [0, 0.05) is 52.3 Å². The number of nitrogens with one attached hydrogen (secondary N) is 1. The Morgan fingerprint density at radius 3 is 2.80 bits per heavy atom. The molecule has 0 spiro atoms. The molecule has 5 rings (SSSR count). The van der Waals surface area contributed by atoms with Crippen LogP contribution in [0.1, 0.15) is 39.1 Å². The molecule has 6 nitrogen and oxygen atoms in total. The van der Waals surface area contributed by atoms with Crippen molar-refractivity contribution in [1.29, 1.82) is 0 Å². The van der Waals surface area contributed by atoms with E-state index in [1.165, 1.54) is 4.88 Å². The molecule has 176 valence electrons. The molecule has 1 N–H and O–H groups in total. The van der Waals surface area contributed by atoms with Gasteiger partial charge in [0.25, 0.3) is 5.91 Å². The van der Waals surface area contributed by atoms with E-state index in [-0.39, 0.29) is 5.91 Å². The molecule has 0 saturated heterocycles. The molecule has 0 fully saturated rings. The van der Waals surface area contributed by atoms with Gasteiger partial charge in [-0.25, -0.2) is 4.98 Å². The molecular weight excluding hydrogens is 474 g/mol. The number of nitrogens with zero attached hydrogens (tertiary/aromatic N) is 4. The highest BCUT2D eigenvalue weighted by Gasteiger charge is 2.21. The molecule has 5 heterocycles. The highest BCUT2D eigenvalue weighted by Crippen LogP contribution is 2.32. The Morgan fingerprint density at radius 1 is 1.11 bits per heavy atom. The normalized spacial score (nSPS) is 11.0. The van der Waals surface area contributed by atoms with Gasteiger partial charge in [0.05, 0.1) is 23.5 Å². The summed E-state index contributed by atoms with van der Waals surface area (Å²) in [6.45, 7) is 5.22. The highest BCUT2D eigenvalue weighted by atomic mass is 32.1. The zero-order valence-corrected chi connectivity index (χ0v) is 21.2. The van der Waals surface area contributed by atoms with Crippen molar-refractivity contribution in [3.8, 4) is 22.0 Å². The van der Waals surface area contributed by atoms with Crippen LogP contribution < -0.4 is 5.32 Å². The van der Waals surface area contributed by atoms with Gasteiger partial charge in [-0.2, -0.15) is 0 Å². The van der Waals surface area contributed by atoms with Gasteiger partial charge in [-0.05, 0) is 54.6 Å². The van der Waals surface area contributed by atoms with E-state index in [1.54, 1.807) is 35.1 Å². The van der Waals surface area contributed by atoms with Crippen LogP contribution in [0.25, 0.3) is 22.0 Å². The minimum absolute atomic E-state index is 0.102. The van der Waals surface area contributed by atoms with Gasteiger partial charge >= 0.3 is 0 Å².